The molecule has 1 atom stereocenters. The second kappa shape index (κ2) is 8.67. The lowest BCUT2D eigenvalue weighted by atomic mass is 9.83. The number of aliphatic hydroxyl groups excluding tert-OH is 1. The number of nitrogens with one attached hydrogen (secondary N) is 2. The van der Waals surface area contributed by atoms with E-state index in [0.717, 1.165) is 35.3 Å². The Morgan fingerprint density at radius 3 is 2.91 bits per heavy atom. The molecule has 0 bridgehead atoms. The highest BCUT2D eigenvalue weighted by Crippen LogP contribution is 2.41. The molecule has 35 heavy (non-hydrogen) atoms. The lowest BCUT2D eigenvalue weighted by Crippen LogP contribution is -2.32. The molecule has 1 fully saturated rings. The predicted octanol–water partition coefficient (Wildman–Crippen LogP) is 2.56. The molecule has 0 unspecified atom stereocenters. The van der Waals surface area contributed by atoms with Crippen LogP contribution in [0.3, 0.4) is 0 Å². The van der Waals surface area contributed by atoms with Crippen LogP contribution >= 0.6 is 0 Å². The minimum Gasteiger partial charge on any atom is -0.395 e. The third-order valence-electron chi connectivity index (χ3n) is 6.78. The number of amides is 1. The van der Waals surface area contributed by atoms with E-state index in [1.165, 1.54) is 0 Å². The number of nitrogens with zero attached hydrogens (tertiary/aromatic N) is 6. The molecule has 2 aromatic heterocycles. The van der Waals surface area contributed by atoms with E-state index in [1.807, 2.05) is 33.0 Å². The molecule has 1 aliphatic carbocycles. The van der Waals surface area contributed by atoms with Crippen LogP contribution in [0.25, 0.3) is 11.3 Å². The number of carbonyl (C=O) groups is 1. The molecular weight excluding hydrogens is 444 g/mol. The fourth-order valence-electron chi connectivity index (χ4n) is 4.43. The van der Waals surface area contributed by atoms with Gasteiger partial charge in [0.05, 0.1) is 29.2 Å². The van der Waals surface area contributed by atoms with Gasteiger partial charge in [0.1, 0.15) is 18.4 Å². The number of hydrogen-bond acceptors (Lipinski definition) is 8. The van der Waals surface area contributed by atoms with Gasteiger partial charge in [-0.05, 0) is 43.5 Å². The number of hydrogen-bond donors (Lipinski definition) is 3. The van der Waals surface area contributed by atoms with E-state index in [4.69, 9.17) is 0 Å². The number of aromatic nitrogens is 4. The smallest absolute Gasteiger partial charge is 0.244 e. The molecular formula is C25H28N8O2. The minimum absolute atomic E-state index is 0.0102. The molecule has 1 saturated carbocycles. The Kier molecular flexibility index (Phi) is 5.65. The summed E-state index contributed by atoms with van der Waals surface area (Å²) >= 11 is 0. The summed E-state index contributed by atoms with van der Waals surface area (Å²) in [5, 5.41) is 30.6. The van der Waals surface area contributed by atoms with Gasteiger partial charge in [0.15, 0.2) is 0 Å². The van der Waals surface area contributed by atoms with Gasteiger partial charge < -0.3 is 20.6 Å². The first kappa shape index (κ1) is 22.8. The zero-order valence-electron chi connectivity index (χ0n) is 20.0. The molecule has 0 spiro atoms. The number of fused-ring (bicyclic) bond motifs is 1. The third kappa shape index (κ3) is 4.31. The van der Waals surface area contributed by atoms with E-state index in [0.29, 0.717) is 35.6 Å². The highest BCUT2D eigenvalue weighted by Gasteiger charge is 2.36. The molecule has 3 heterocycles. The van der Waals surface area contributed by atoms with Crippen molar-refractivity contribution in [1.29, 1.82) is 5.26 Å². The Bertz CT molecular complexity index is 1340. The van der Waals surface area contributed by atoms with E-state index >= 15 is 0 Å². The van der Waals surface area contributed by atoms with Gasteiger partial charge in [0.2, 0.25) is 11.9 Å². The molecule has 1 aromatic carbocycles. The Balaban J connectivity index is 1.43. The molecule has 10 heteroatoms. The van der Waals surface area contributed by atoms with Crippen LogP contribution in [0.15, 0.2) is 30.5 Å². The molecule has 0 radical (unpaired) electrons. The van der Waals surface area contributed by atoms with Crippen LogP contribution in [0.2, 0.25) is 0 Å². The summed E-state index contributed by atoms with van der Waals surface area (Å²) in [5.41, 5.74) is 3.87. The number of aliphatic hydroxyl groups is 1. The second-order valence-corrected chi connectivity index (χ2v) is 9.59. The van der Waals surface area contributed by atoms with Crippen molar-refractivity contribution in [3.05, 3.63) is 47.3 Å². The second-order valence-electron chi connectivity index (χ2n) is 9.59. The lowest BCUT2D eigenvalue weighted by molar-refractivity contribution is -0.131. The maximum atomic E-state index is 12.6. The molecule has 3 N–H and O–H groups in total. The first-order valence-electron chi connectivity index (χ1n) is 11.7. The first-order valence-corrected chi connectivity index (χ1v) is 11.7. The summed E-state index contributed by atoms with van der Waals surface area (Å²) in [4.78, 5) is 23.4. The number of nitriles is 1. The van der Waals surface area contributed by atoms with Crippen molar-refractivity contribution < 1.29 is 9.90 Å². The molecule has 10 nitrogen and oxygen atoms in total. The minimum atomic E-state index is -0.477. The molecule has 0 saturated heterocycles. The average molecular weight is 473 g/mol. The van der Waals surface area contributed by atoms with Gasteiger partial charge in [0, 0.05) is 42.9 Å². The fourth-order valence-corrected chi connectivity index (χ4v) is 4.43. The molecule has 5 rings (SSSR count). The number of rotatable bonds is 7. The number of aryl methyl sites for hydroxylation is 1. The van der Waals surface area contributed by atoms with Gasteiger partial charge in [-0.15, -0.1) is 0 Å². The summed E-state index contributed by atoms with van der Waals surface area (Å²) in [5.74, 6) is 0.991. The zero-order chi connectivity index (χ0) is 24.7. The normalized spacial score (nSPS) is 18.5. The van der Waals surface area contributed by atoms with Crippen molar-refractivity contribution >= 4 is 23.4 Å². The van der Waals surface area contributed by atoms with Crippen molar-refractivity contribution in [1.82, 2.24) is 24.6 Å². The third-order valence-corrected chi connectivity index (χ3v) is 6.78. The maximum absolute atomic E-state index is 12.6. The topological polar surface area (TPSA) is 132 Å². The summed E-state index contributed by atoms with van der Waals surface area (Å²) < 4.78 is 1.63. The molecule has 180 valence electrons. The van der Waals surface area contributed by atoms with Gasteiger partial charge in [0.25, 0.3) is 0 Å². The number of carbonyl (C=O) groups excluding carboxylic acids is 1. The van der Waals surface area contributed by atoms with E-state index in [2.05, 4.69) is 31.8 Å². The number of anilines is 3. The van der Waals surface area contributed by atoms with E-state index < -0.39 is 5.41 Å². The van der Waals surface area contributed by atoms with Gasteiger partial charge in [-0.25, -0.2) is 14.6 Å². The van der Waals surface area contributed by atoms with Crippen molar-refractivity contribution in [2.75, 3.05) is 30.8 Å². The summed E-state index contributed by atoms with van der Waals surface area (Å²) in [6, 6.07) is 9.99. The lowest BCUT2D eigenvalue weighted by Gasteiger charge is -2.21. The van der Waals surface area contributed by atoms with E-state index in [9.17, 15) is 15.2 Å². The number of benzene rings is 1. The van der Waals surface area contributed by atoms with Crippen LogP contribution in [0.5, 0.6) is 0 Å². The van der Waals surface area contributed by atoms with Crippen molar-refractivity contribution in [2.24, 2.45) is 0 Å². The molecule has 2 aliphatic rings. The van der Waals surface area contributed by atoms with Gasteiger partial charge in [-0.2, -0.15) is 10.4 Å². The zero-order valence-corrected chi connectivity index (χ0v) is 20.0. The van der Waals surface area contributed by atoms with Gasteiger partial charge >= 0.3 is 0 Å². The largest absolute Gasteiger partial charge is 0.395 e. The van der Waals surface area contributed by atoms with Crippen LogP contribution in [0.4, 0.5) is 17.5 Å². The Labute approximate surface area is 203 Å². The molecule has 3 aromatic rings. The highest BCUT2D eigenvalue weighted by atomic mass is 16.3. The maximum Gasteiger partial charge on any atom is 0.244 e. The van der Waals surface area contributed by atoms with Crippen LogP contribution < -0.4 is 10.6 Å². The molecule has 1 amide bonds. The average Bonchev–Trinajstić information content (AvgIpc) is 3.58. The Morgan fingerprint density at radius 1 is 1.40 bits per heavy atom. The summed E-state index contributed by atoms with van der Waals surface area (Å²) in [6.07, 6.45) is 3.75. The molecule has 1 aliphatic heterocycles. The summed E-state index contributed by atoms with van der Waals surface area (Å²) in [6.45, 7) is 4.50. The van der Waals surface area contributed by atoms with Crippen LogP contribution in [0, 0.1) is 18.3 Å². The Hall–Kier alpha value is -3.97. The highest BCUT2D eigenvalue weighted by molar-refractivity contribution is 5.77. The van der Waals surface area contributed by atoms with Gasteiger partial charge in [-0.1, -0.05) is 6.92 Å². The number of likely N-dealkylation sites (N-methyl/N-ethyl adjacent to an activating group) is 1. The van der Waals surface area contributed by atoms with Crippen molar-refractivity contribution in [2.45, 2.75) is 44.7 Å². The van der Waals surface area contributed by atoms with E-state index in [1.54, 1.807) is 27.9 Å². The standard InChI is InChI=1S/C25H28N8O2/c1-15-8-21(33(31-15)12-22(35)32(3)18-4-5-18)30-24-27-7-6-20(29-24)16-9-17(11-26)23-19(10-16)25(2,14-34)13-28-23/h6-10,18,28,34H,4-5,12-14H2,1-3H3,(H,27,29,30)/t25-/m1/s1. The first-order chi connectivity index (χ1) is 16.8. The Morgan fingerprint density at radius 2 is 2.20 bits per heavy atom. The van der Waals surface area contributed by atoms with Crippen LogP contribution in [-0.4, -0.2) is 61.9 Å². The SMILES string of the molecule is Cc1cc(Nc2nccc(-c3cc(C#N)c4c(c3)[C@@](C)(CO)CN4)n2)n(CC(=O)N(C)C2CC2)n1. The van der Waals surface area contributed by atoms with Crippen LogP contribution in [-0.2, 0) is 16.8 Å². The van der Waals surface area contributed by atoms with E-state index in [-0.39, 0.29) is 19.1 Å². The fraction of sp³-hybridized carbons (Fsp3) is 0.400. The van der Waals surface area contributed by atoms with Crippen LogP contribution in [0.1, 0.15) is 36.6 Å². The van der Waals surface area contributed by atoms with Gasteiger partial charge in [-0.3, -0.25) is 4.79 Å². The van der Waals surface area contributed by atoms with Crippen molar-refractivity contribution in [3.8, 4) is 17.3 Å². The van der Waals surface area contributed by atoms with Crippen molar-refractivity contribution in [3.63, 3.8) is 0 Å². The predicted molar refractivity (Wildman–Crippen MR) is 131 cm³/mol. The summed E-state index contributed by atoms with van der Waals surface area (Å²) in [7, 11) is 1.83. The quantitative estimate of drug-likeness (QED) is 0.478. The monoisotopic (exact) mass is 472 g/mol.